The van der Waals surface area contributed by atoms with E-state index in [0.717, 1.165) is 51.0 Å². The molecule has 0 saturated carbocycles. The number of anilines is 1. The minimum atomic E-state index is -0.299. The maximum absolute atomic E-state index is 10.6. The van der Waals surface area contributed by atoms with Gasteiger partial charge in [-0.2, -0.15) is 0 Å². The molecule has 1 aromatic rings. The molecular formula is C16H24N2O. The van der Waals surface area contributed by atoms with Gasteiger partial charge in [0.2, 0.25) is 0 Å². The molecule has 0 aromatic heterocycles. The molecule has 1 fully saturated rings. The summed E-state index contributed by atoms with van der Waals surface area (Å²) in [4.78, 5) is 2.47. The van der Waals surface area contributed by atoms with Crippen LogP contribution in [0.2, 0.25) is 0 Å². The van der Waals surface area contributed by atoms with Gasteiger partial charge in [-0.05, 0) is 62.0 Å². The number of aliphatic hydroxyl groups excluding tert-OH is 1. The maximum atomic E-state index is 10.6. The van der Waals surface area contributed by atoms with Crippen LogP contribution in [0.4, 0.5) is 5.69 Å². The van der Waals surface area contributed by atoms with Crippen molar-refractivity contribution in [2.24, 2.45) is 5.92 Å². The Hall–Kier alpha value is -1.06. The molecule has 2 N–H and O–H groups in total. The molecule has 2 aliphatic heterocycles. The molecule has 0 aliphatic carbocycles. The van der Waals surface area contributed by atoms with Crippen molar-refractivity contribution < 1.29 is 5.11 Å². The molecule has 0 radical (unpaired) electrons. The predicted molar refractivity (Wildman–Crippen MR) is 78.4 cm³/mol. The summed E-state index contributed by atoms with van der Waals surface area (Å²) < 4.78 is 0. The van der Waals surface area contributed by atoms with Crippen molar-refractivity contribution in [1.82, 2.24) is 4.90 Å². The summed E-state index contributed by atoms with van der Waals surface area (Å²) in [6.07, 6.45) is 3.03. The van der Waals surface area contributed by atoms with Crippen molar-refractivity contribution in [1.29, 1.82) is 0 Å². The van der Waals surface area contributed by atoms with Crippen LogP contribution in [-0.4, -0.2) is 36.2 Å². The second kappa shape index (κ2) is 5.51. The molecule has 0 bridgehead atoms. The van der Waals surface area contributed by atoms with E-state index in [1.807, 2.05) is 0 Å². The van der Waals surface area contributed by atoms with Gasteiger partial charge in [-0.3, -0.25) is 0 Å². The highest BCUT2D eigenvalue weighted by Gasteiger charge is 2.26. The van der Waals surface area contributed by atoms with Crippen LogP contribution in [0.1, 0.15) is 37.0 Å². The van der Waals surface area contributed by atoms with Crippen LogP contribution in [0.3, 0.4) is 0 Å². The van der Waals surface area contributed by atoms with E-state index in [-0.39, 0.29) is 6.10 Å². The number of fused-ring (bicyclic) bond motifs is 1. The molecule has 3 rings (SSSR count). The number of nitrogens with one attached hydrogen (secondary N) is 1. The Labute approximate surface area is 115 Å². The summed E-state index contributed by atoms with van der Waals surface area (Å²) in [6, 6.07) is 6.44. The standard InChI is InChI=1S/C16H24N2O/c1-2-18-9-6-13(7-10-18)16(19)14-4-3-12-5-8-17-15(12)11-14/h3-4,11,13,16-17,19H,2,5-10H2,1H3. The quantitative estimate of drug-likeness (QED) is 0.876. The van der Waals surface area contributed by atoms with E-state index in [0.29, 0.717) is 5.92 Å². The summed E-state index contributed by atoms with van der Waals surface area (Å²) in [5.74, 6) is 0.419. The first-order valence-electron chi connectivity index (χ1n) is 7.55. The molecule has 1 saturated heterocycles. The fourth-order valence-corrected chi connectivity index (χ4v) is 3.35. The molecule has 2 aliphatic rings. The van der Waals surface area contributed by atoms with E-state index in [2.05, 4.69) is 35.3 Å². The molecular weight excluding hydrogens is 236 g/mol. The molecule has 19 heavy (non-hydrogen) atoms. The van der Waals surface area contributed by atoms with Crippen molar-refractivity contribution in [3.8, 4) is 0 Å². The monoisotopic (exact) mass is 260 g/mol. The van der Waals surface area contributed by atoms with Crippen LogP contribution in [0.15, 0.2) is 18.2 Å². The first-order valence-corrected chi connectivity index (χ1v) is 7.55. The van der Waals surface area contributed by atoms with Crippen molar-refractivity contribution in [3.05, 3.63) is 29.3 Å². The van der Waals surface area contributed by atoms with E-state index >= 15 is 0 Å². The van der Waals surface area contributed by atoms with Gasteiger partial charge in [0.25, 0.3) is 0 Å². The molecule has 0 amide bonds. The Morgan fingerprint density at radius 1 is 1.37 bits per heavy atom. The molecule has 1 unspecified atom stereocenters. The zero-order valence-corrected chi connectivity index (χ0v) is 11.7. The molecule has 3 nitrogen and oxygen atoms in total. The summed E-state index contributed by atoms with van der Waals surface area (Å²) in [5, 5.41) is 14.0. The molecule has 104 valence electrons. The number of aliphatic hydroxyl groups is 1. The summed E-state index contributed by atoms with van der Waals surface area (Å²) >= 11 is 0. The van der Waals surface area contributed by atoms with E-state index in [4.69, 9.17) is 0 Å². The highest BCUT2D eigenvalue weighted by molar-refractivity contribution is 5.57. The predicted octanol–water partition coefficient (Wildman–Crippen LogP) is 2.42. The lowest BCUT2D eigenvalue weighted by Gasteiger charge is -2.33. The number of nitrogens with zero attached hydrogens (tertiary/aromatic N) is 1. The lowest BCUT2D eigenvalue weighted by atomic mass is 9.87. The molecule has 3 heteroatoms. The number of likely N-dealkylation sites (tertiary alicyclic amines) is 1. The van der Waals surface area contributed by atoms with Gasteiger partial charge in [-0.1, -0.05) is 19.1 Å². The molecule has 0 spiro atoms. The van der Waals surface area contributed by atoms with Gasteiger partial charge < -0.3 is 15.3 Å². The van der Waals surface area contributed by atoms with Crippen LogP contribution < -0.4 is 5.32 Å². The molecule has 1 aromatic carbocycles. The van der Waals surface area contributed by atoms with Gasteiger partial charge in [-0.25, -0.2) is 0 Å². The summed E-state index contributed by atoms with van der Waals surface area (Å²) in [7, 11) is 0. The van der Waals surface area contributed by atoms with Crippen molar-refractivity contribution >= 4 is 5.69 Å². The Morgan fingerprint density at radius 2 is 2.16 bits per heavy atom. The highest BCUT2D eigenvalue weighted by atomic mass is 16.3. The third-order valence-corrected chi connectivity index (χ3v) is 4.71. The lowest BCUT2D eigenvalue weighted by Crippen LogP contribution is -2.35. The van der Waals surface area contributed by atoms with Gasteiger partial charge in [-0.15, -0.1) is 0 Å². The summed E-state index contributed by atoms with van der Waals surface area (Å²) in [6.45, 7) is 6.63. The normalized spacial score (nSPS) is 22.0. The summed E-state index contributed by atoms with van der Waals surface area (Å²) in [5.41, 5.74) is 3.70. The SMILES string of the molecule is CCN1CCC(C(O)c2ccc3c(c2)NCC3)CC1. The van der Waals surface area contributed by atoms with E-state index in [9.17, 15) is 5.11 Å². The number of rotatable bonds is 3. The van der Waals surface area contributed by atoms with Gasteiger partial charge >= 0.3 is 0 Å². The minimum Gasteiger partial charge on any atom is -0.388 e. The van der Waals surface area contributed by atoms with Gasteiger partial charge in [0.05, 0.1) is 6.10 Å². The first kappa shape index (κ1) is 12.9. The Kier molecular flexibility index (Phi) is 3.76. The number of hydrogen-bond acceptors (Lipinski definition) is 3. The fourth-order valence-electron chi connectivity index (χ4n) is 3.35. The van der Waals surface area contributed by atoms with Crippen molar-refractivity contribution in [2.45, 2.75) is 32.3 Å². The van der Waals surface area contributed by atoms with Crippen LogP contribution in [-0.2, 0) is 6.42 Å². The van der Waals surface area contributed by atoms with Crippen LogP contribution in [0, 0.1) is 5.92 Å². The third-order valence-electron chi connectivity index (χ3n) is 4.71. The van der Waals surface area contributed by atoms with Crippen molar-refractivity contribution in [3.63, 3.8) is 0 Å². The zero-order valence-electron chi connectivity index (χ0n) is 11.7. The second-order valence-electron chi connectivity index (χ2n) is 5.81. The number of hydrogen-bond donors (Lipinski definition) is 2. The van der Waals surface area contributed by atoms with Gasteiger partial charge in [0.1, 0.15) is 0 Å². The van der Waals surface area contributed by atoms with Crippen LogP contribution >= 0.6 is 0 Å². The number of piperidine rings is 1. The minimum absolute atomic E-state index is 0.299. The van der Waals surface area contributed by atoms with E-state index in [1.54, 1.807) is 0 Å². The largest absolute Gasteiger partial charge is 0.388 e. The smallest absolute Gasteiger partial charge is 0.0819 e. The van der Waals surface area contributed by atoms with Gasteiger partial charge in [0, 0.05) is 12.2 Å². The lowest BCUT2D eigenvalue weighted by molar-refractivity contribution is 0.0604. The Morgan fingerprint density at radius 3 is 2.89 bits per heavy atom. The first-order chi connectivity index (χ1) is 9.28. The topological polar surface area (TPSA) is 35.5 Å². The second-order valence-corrected chi connectivity index (χ2v) is 5.81. The Balaban J connectivity index is 1.68. The average molecular weight is 260 g/mol. The van der Waals surface area contributed by atoms with E-state index in [1.165, 1.54) is 11.3 Å². The highest BCUT2D eigenvalue weighted by Crippen LogP contribution is 2.33. The maximum Gasteiger partial charge on any atom is 0.0819 e. The third kappa shape index (κ3) is 2.63. The van der Waals surface area contributed by atoms with Crippen LogP contribution in [0.5, 0.6) is 0 Å². The van der Waals surface area contributed by atoms with E-state index < -0.39 is 0 Å². The van der Waals surface area contributed by atoms with Gasteiger partial charge in [0.15, 0.2) is 0 Å². The molecule has 2 heterocycles. The van der Waals surface area contributed by atoms with Crippen LogP contribution in [0.25, 0.3) is 0 Å². The zero-order chi connectivity index (χ0) is 13.2. The molecule has 1 atom stereocenters. The number of benzene rings is 1. The van der Waals surface area contributed by atoms with Crippen molar-refractivity contribution in [2.75, 3.05) is 31.5 Å². The average Bonchev–Trinajstić information content (AvgIpc) is 2.94. The fraction of sp³-hybridized carbons (Fsp3) is 0.625. The Bertz CT molecular complexity index is 438.